The topological polar surface area (TPSA) is 195 Å². The lowest BCUT2D eigenvalue weighted by Gasteiger charge is -2.36. The Morgan fingerprint density at radius 2 is 1.79 bits per heavy atom. The lowest BCUT2D eigenvalue weighted by molar-refractivity contribution is -0.143. The molecular weight excluding hydrogens is 779 g/mol. The number of carbonyl (C=O) groups excluding carboxylic acids is 4. The highest BCUT2D eigenvalue weighted by atomic mass is 32.2. The molecule has 15 nitrogen and oxygen atoms in total. The number of alkyl halides is 2. The summed E-state index contributed by atoms with van der Waals surface area (Å²) in [7, 11) is -2.60. The number of nitrogens with zero attached hydrogens (tertiary/aromatic N) is 3. The van der Waals surface area contributed by atoms with Crippen molar-refractivity contribution in [2.45, 2.75) is 133 Å². The van der Waals surface area contributed by atoms with Crippen molar-refractivity contribution in [3.8, 4) is 11.6 Å². The molecule has 6 aliphatic rings. The predicted molar refractivity (Wildman–Crippen MR) is 204 cm³/mol. The fraction of sp³-hybridized carbons (Fsp3) is 0.700. The minimum atomic E-state index is -4.13. The fourth-order valence-electron chi connectivity index (χ4n) is 9.31. The molecule has 4 aliphatic carbocycles. The van der Waals surface area contributed by atoms with E-state index in [1.54, 1.807) is 32.9 Å². The number of fused-ring (bicyclic) bond motifs is 7. The summed E-state index contributed by atoms with van der Waals surface area (Å²) in [6.45, 7) is 5.11. The van der Waals surface area contributed by atoms with Crippen LogP contribution in [-0.4, -0.2) is 102 Å². The molecule has 0 spiro atoms. The molecule has 18 heteroatoms. The van der Waals surface area contributed by atoms with Crippen LogP contribution in [0.4, 0.5) is 13.6 Å². The normalized spacial score (nSPS) is 32.7. The van der Waals surface area contributed by atoms with Gasteiger partial charge in [-0.3, -0.25) is 19.1 Å². The largest absolute Gasteiger partial charge is 0.497 e. The number of aromatic nitrogens is 2. The molecule has 5 fully saturated rings. The molecular formula is C40H52F2N6O9S. The van der Waals surface area contributed by atoms with E-state index in [2.05, 4.69) is 10.6 Å². The monoisotopic (exact) mass is 830 g/mol. The molecule has 1 aromatic carbocycles. The standard InChI is InChI=1S/C40H52F2N6O9S/c1-39(2,3)32-36(50)48-19-22(17-30(48)34(49)46-40(18-26(40)33(41)42)37(51)47-58(53,54)23-11-12-23)56-35-28(43-27-13-10-21(55-4)16-29(27)44-35)9-7-5-6-8-24-25-14-20(25)15-31(24)57-38(52)45-32/h10,13,16,20,22-26,30-33H,5-9,11-12,14-15,17-19H2,1-4H3,(H,45,52)(H,46,49)(H,47,51)/t20-,22?,24+,25-,26-,30-,31+,32+,40+/m0/s1. The molecule has 4 amide bonds. The second-order valence-electron chi connectivity index (χ2n) is 18.1. The highest BCUT2D eigenvalue weighted by Crippen LogP contribution is 2.58. The summed E-state index contributed by atoms with van der Waals surface area (Å²) in [5.74, 6) is -2.48. The molecule has 1 saturated heterocycles. The lowest BCUT2D eigenvalue weighted by atomic mass is 9.85. The van der Waals surface area contributed by atoms with Crippen LogP contribution in [0.15, 0.2) is 18.2 Å². The van der Waals surface area contributed by atoms with E-state index in [-0.39, 0.29) is 30.9 Å². The van der Waals surface area contributed by atoms with Crippen molar-refractivity contribution in [3.63, 3.8) is 0 Å². The maximum absolute atomic E-state index is 14.7. The maximum atomic E-state index is 14.7. The van der Waals surface area contributed by atoms with E-state index in [1.165, 1.54) is 12.0 Å². The van der Waals surface area contributed by atoms with Gasteiger partial charge in [-0.1, -0.05) is 33.6 Å². The molecule has 1 unspecified atom stereocenters. The van der Waals surface area contributed by atoms with Crippen molar-refractivity contribution in [1.82, 2.24) is 30.2 Å². The van der Waals surface area contributed by atoms with Gasteiger partial charge < -0.3 is 29.7 Å². The molecule has 8 rings (SSSR count). The fourth-order valence-corrected chi connectivity index (χ4v) is 10.7. The first-order valence-corrected chi connectivity index (χ1v) is 22.0. The highest BCUT2D eigenvalue weighted by molar-refractivity contribution is 7.91. The van der Waals surface area contributed by atoms with Crippen molar-refractivity contribution < 1.29 is 50.6 Å². The minimum Gasteiger partial charge on any atom is -0.497 e. The van der Waals surface area contributed by atoms with Crippen LogP contribution in [0.2, 0.25) is 0 Å². The summed E-state index contributed by atoms with van der Waals surface area (Å²) in [5, 5.41) is 4.44. The quantitative estimate of drug-likeness (QED) is 0.365. The minimum absolute atomic E-state index is 0.139. The Hall–Kier alpha value is -4.35. The predicted octanol–water partition coefficient (Wildman–Crippen LogP) is 4.02. The third-order valence-electron chi connectivity index (χ3n) is 12.9. The lowest BCUT2D eigenvalue weighted by Crippen LogP contribution is -2.60. The van der Waals surface area contributed by atoms with Crippen LogP contribution in [0, 0.1) is 29.1 Å². The summed E-state index contributed by atoms with van der Waals surface area (Å²) in [6, 6.07) is 2.76. The van der Waals surface area contributed by atoms with Crippen molar-refractivity contribution in [2.24, 2.45) is 29.1 Å². The first-order chi connectivity index (χ1) is 27.5. The molecule has 1 aromatic heterocycles. The third-order valence-corrected chi connectivity index (χ3v) is 14.7. The first kappa shape index (κ1) is 40.4. The Balaban J connectivity index is 1.13. The number of hydrogen-bond donors (Lipinski definition) is 3. The van der Waals surface area contributed by atoms with Crippen LogP contribution in [0.1, 0.15) is 90.7 Å². The Labute approximate surface area is 336 Å². The second-order valence-corrected chi connectivity index (χ2v) is 20.1. The van der Waals surface area contributed by atoms with Gasteiger partial charge in [-0.15, -0.1) is 0 Å². The molecule has 316 valence electrons. The summed E-state index contributed by atoms with van der Waals surface area (Å²) < 4.78 is 73.7. The molecule has 2 aromatic rings. The number of aryl methyl sites for hydroxylation is 1. The van der Waals surface area contributed by atoms with Crippen molar-refractivity contribution in [1.29, 1.82) is 0 Å². The Morgan fingerprint density at radius 1 is 1.02 bits per heavy atom. The maximum Gasteiger partial charge on any atom is 0.408 e. The summed E-state index contributed by atoms with van der Waals surface area (Å²) in [5.41, 5.74) is -1.37. The van der Waals surface area contributed by atoms with Gasteiger partial charge in [0.15, 0.2) is 0 Å². The van der Waals surface area contributed by atoms with Gasteiger partial charge in [0.2, 0.25) is 34.1 Å². The van der Waals surface area contributed by atoms with Gasteiger partial charge in [-0.2, -0.15) is 0 Å². The molecule has 0 radical (unpaired) electrons. The number of ether oxygens (including phenoxy) is 3. The molecule has 58 heavy (non-hydrogen) atoms. The van der Waals surface area contributed by atoms with Crippen molar-refractivity contribution in [2.75, 3.05) is 13.7 Å². The third kappa shape index (κ3) is 8.01. The Morgan fingerprint density at radius 3 is 2.48 bits per heavy atom. The van der Waals surface area contributed by atoms with E-state index in [1.807, 2.05) is 10.8 Å². The number of halogens is 2. The van der Waals surface area contributed by atoms with Gasteiger partial charge in [-0.25, -0.2) is 32.0 Å². The summed E-state index contributed by atoms with van der Waals surface area (Å²) in [6.07, 6.45) is 1.01. The van der Waals surface area contributed by atoms with Gasteiger partial charge in [-0.05, 0) is 86.7 Å². The van der Waals surface area contributed by atoms with Crippen LogP contribution in [-0.2, 0) is 35.6 Å². The number of carbonyl (C=O) groups is 4. The van der Waals surface area contributed by atoms with E-state index in [0.29, 0.717) is 53.6 Å². The van der Waals surface area contributed by atoms with Crippen LogP contribution in [0.5, 0.6) is 11.6 Å². The highest BCUT2D eigenvalue weighted by Gasteiger charge is 2.67. The molecule has 2 bridgehead atoms. The zero-order valence-corrected chi connectivity index (χ0v) is 34.0. The molecule has 4 saturated carbocycles. The zero-order chi connectivity index (χ0) is 41.3. The number of alkyl carbamates (subject to hydrolysis) is 1. The zero-order valence-electron chi connectivity index (χ0n) is 33.2. The smallest absolute Gasteiger partial charge is 0.408 e. The average molecular weight is 831 g/mol. The van der Waals surface area contributed by atoms with E-state index < -0.39 is 87.0 Å². The van der Waals surface area contributed by atoms with Gasteiger partial charge in [0.05, 0.1) is 35.9 Å². The summed E-state index contributed by atoms with van der Waals surface area (Å²) >= 11 is 0. The van der Waals surface area contributed by atoms with Crippen LogP contribution in [0.25, 0.3) is 11.0 Å². The average Bonchev–Trinajstić information content (AvgIpc) is 4.10. The van der Waals surface area contributed by atoms with Crippen LogP contribution in [0.3, 0.4) is 0 Å². The second kappa shape index (κ2) is 15.0. The number of sulfonamides is 1. The van der Waals surface area contributed by atoms with Crippen molar-refractivity contribution in [3.05, 3.63) is 23.9 Å². The number of rotatable bonds is 7. The van der Waals surface area contributed by atoms with E-state index >= 15 is 0 Å². The molecule has 2 aliphatic heterocycles. The van der Waals surface area contributed by atoms with Gasteiger partial charge in [0, 0.05) is 12.5 Å². The van der Waals surface area contributed by atoms with Gasteiger partial charge in [0.1, 0.15) is 41.3 Å². The van der Waals surface area contributed by atoms with Gasteiger partial charge >= 0.3 is 6.09 Å². The molecule has 3 heterocycles. The van der Waals surface area contributed by atoms with E-state index in [9.17, 15) is 36.4 Å². The number of amides is 4. The first-order valence-electron chi connectivity index (χ1n) is 20.4. The number of methoxy groups -OCH3 is 1. The summed E-state index contributed by atoms with van der Waals surface area (Å²) in [4.78, 5) is 67.1. The molecule has 9 atom stereocenters. The Kier molecular flexibility index (Phi) is 10.5. The molecule has 3 N–H and O–H groups in total. The van der Waals surface area contributed by atoms with Crippen molar-refractivity contribution >= 4 is 44.9 Å². The van der Waals surface area contributed by atoms with E-state index in [4.69, 9.17) is 24.2 Å². The SMILES string of the molecule is COc1ccc2nc3c(nc2c1)OC1C[C@@H](C(=O)N[C@]2(C(=O)NS(=O)(=O)C4CC4)C[C@H]2C(F)F)N(C1)C(=O)[C@H](C(C)(C)C)NC(=O)O[C@@H]1C[C@@H]2C[C@@H]2[C@H]1CCCCC3. The van der Waals surface area contributed by atoms with E-state index in [0.717, 1.165) is 38.5 Å². The number of nitrogens with one attached hydrogen (secondary N) is 3. The van der Waals surface area contributed by atoms with Crippen LogP contribution < -0.4 is 24.8 Å². The van der Waals surface area contributed by atoms with Crippen LogP contribution >= 0.6 is 0 Å². The number of hydrogen-bond acceptors (Lipinski definition) is 11. The van der Waals surface area contributed by atoms with Gasteiger partial charge in [0.25, 0.3) is 5.91 Å². The number of benzene rings is 1. The Bertz CT molecular complexity index is 2100.